The Bertz CT molecular complexity index is 1030. The van der Waals surface area contributed by atoms with Gasteiger partial charge in [0.15, 0.2) is 0 Å². The fourth-order valence-corrected chi connectivity index (χ4v) is 2.98. The second-order valence-electron chi connectivity index (χ2n) is 5.62. The minimum absolute atomic E-state index is 0.652. The number of anilines is 1. The molecule has 0 spiro atoms. The maximum Gasteiger partial charge on any atom is 0.147 e. The average Bonchev–Trinajstić information content (AvgIpc) is 2.92. The maximum atomic E-state index is 6.37. The van der Waals surface area contributed by atoms with Gasteiger partial charge in [-0.25, -0.2) is 4.98 Å². The van der Waals surface area contributed by atoms with Gasteiger partial charge in [0.1, 0.15) is 22.9 Å². The summed E-state index contributed by atoms with van der Waals surface area (Å²) >= 11 is 0. The monoisotopic (exact) mass is 303 g/mol. The van der Waals surface area contributed by atoms with Crippen LogP contribution in [0, 0.1) is 6.92 Å². The summed E-state index contributed by atoms with van der Waals surface area (Å²) in [7, 11) is 1.67. The lowest BCUT2D eigenvalue weighted by molar-refractivity contribution is 0.415. The van der Waals surface area contributed by atoms with E-state index in [1.54, 1.807) is 7.11 Å². The molecular formula is C19H17N3O. The lowest BCUT2D eigenvalue weighted by atomic mass is 10.1. The maximum absolute atomic E-state index is 6.37. The zero-order chi connectivity index (χ0) is 16.0. The third-order valence-corrected chi connectivity index (χ3v) is 4.25. The highest BCUT2D eigenvalue weighted by atomic mass is 16.5. The molecule has 0 saturated carbocycles. The van der Waals surface area contributed by atoms with Crippen molar-refractivity contribution >= 4 is 22.2 Å². The molecule has 0 amide bonds. The number of hydrogen-bond acceptors (Lipinski definition) is 3. The first-order valence-electron chi connectivity index (χ1n) is 7.49. The Labute approximate surface area is 134 Å². The minimum atomic E-state index is 0.652. The molecule has 0 aliphatic carbocycles. The minimum Gasteiger partial charge on any atom is -0.497 e. The quantitative estimate of drug-likeness (QED) is 0.607. The van der Waals surface area contributed by atoms with Crippen LogP contribution in [0.15, 0.2) is 54.7 Å². The van der Waals surface area contributed by atoms with Gasteiger partial charge in [-0.1, -0.05) is 30.3 Å². The highest BCUT2D eigenvalue weighted by molar-refractivity contribution is 5.97. The number of aromatic nitrogens is 2. The van der Waals surface area contributed by atoms with Crippen molar-refractivity contribution in [3.63, 3.8) is 0 Å². The van der Waals surface area contributed by atoms with E-state index in [1.165, 1.54) is 0 Å². The standard InChI is InChI=1S/C19H17N3O/c1-12-5-3-4-6-15(12)17-18(20)22-10-9-13-7-8-14(23-2)11-16(13)19(22)21-17/h3-11H,20H2,1-2H3. The molecule has 2 aromatic heterocycles. The van der Waals surface area contributed by atoms with Gasteiger partial charge in [-0.2, -0.15) is 0 Å². The van der Waals surface area contributed by atoms with E-state index in [0.717, 1.165) is 39.0 Å². The van der Waals surface area contributed by atoms with Gasteiger partial charge in [0.2, 0.25) is 0 Å². The Morgan fingerprint density at radius 3 is 2.70 bits per heavy atom. The van der Waals surface area contributed by atoms with Crippen LogP contribution in [0.2, 0.25) is 0 Å². The molecule has 0 atom stereocenters. The SMILES string of the molecule is COc1ccc2ccn3c(N)c(-c4ccccc4C)nc3c2c1. The molecule has 4 aromatic rings. The van der Waals surface area contributed by atoms with Crippen LogP contribution in [0.1, 0.15) is 5.56 Å². The highest BCUT2D eigenvalue weighted by Crippen LogP contribution is 2.32. The number of pyridine rings is 1. The van der Waals surface area contributed by atoms with Gasteiger partial charge in [-0.3, -0.25) is 4.40 Å². The number of nitrogens with two attached hydrogens (primary N) is 1. The molecule has 23 heavy (non-hydrogen) atoms. The number of ether oxygens (including phenoxy) is 1. The van der Waals surface area contributed by atoms with Gasteiger partial charge in [-0.05, 0) is 36.1 Å². The van der Waals surface area contributed by atoms with Crippen LogP contribution in [0.3, 0.4) is 0 Å². The molecule has 4 rings (SSSR count). The summed E-state index contributed by atoms with van der Waals surface area (Å²) < 4.78 is 7.28. The average molecular weight is 303 g/mol. The van der Waals surface area contributed by atoms with E-state index in [9.17, 15) is 0 Å². The van der Waals surface area contributed by atoms with Crippen molar-refractivity contribution in [1.29, 1.82) is 0 Å². The number of hydrogen-bond donors (Lipinski definition) is 1. The van der Waals surface area contributed by atoms with Gasteiger partial charge in [0, 0.05) is 17.1 Å². The molecule has 2 N–H and O–H groups in total. The van der Waals surface area contributed by atoms with Crippen LogP contribution >= 0.6 is 0 Å². The van der Waals surface area contributed by atoms with Gasteiger partial charge in [0.05, 0.1) is 7.11 Å². The molecule has 0 aliphatic heterocycles. The first-order valence-corrected chi connectivity index (χ1v) is 7.49. The third-order valence-electron chi connectivity index (χ3n) is 4.25. The molecule has 0 radical (unpaired) electrons. The van der Waals surface area contributed by atoms with Gasteiger partial charge in [-0.15, -0.1) is 0 Å². The fourth-order valence-electron chi connectivity index (χ4n) is 2.98. The van der Waals surface area contributed by atoms with E-state index in [4.69, 9.17) is 15.5 Å². The second-order valence-corrected chi connectivity index (χ2v) is 5.62. The zero-order valence-corrected chi connectivity index (χ0v) is 13.1. The van der Waals surface area contributed by atoms with Gasteiger partial charge < -0.3 is 10.5 Å². The Hall–Kier alpha value is -3.01. The smallest absolute Gasteiger partial charge is 0.147 e. The van der Waals surface area contributed by atoms with Crippen molar-refractivity contribution in [1.82, 2.24) is 9.38 Å². The number of methoxy groups -OCH3 is 1. The predicted molar refractivity (Wildman–Crippen MR) is 93.8 cm³/mol. The number of benzene rings is 2. The number of nitrogen functional groups attached to an aromatic ring is 1. The van der Waals surface area contributed by atoms with E-state index in [-0.39, 0.29) is 0 Å². The van der Waals surface area contributed by atoms with Gasteiger partial charge in [0.25, 0.3) is 0 Å². The van der Waals surface area contributed by atoms with E-state index in [1.807, 2.05) is 47.0 Å². The summed E-state index contributed by atoms with van der Waals surface area (Å²) in [5, 5.41) is 2.14. The summed E-state index contributed by atoms with van der Waals surface area (Å²) in [5.74, 6) is 1.46. The highest BCUT2D eigenvalue weighted by Gasteiger charge is 2.15. The fraction of sp³-hybridized carbons (Fsp3) is 0.105. The molecular weight excluding hydrogens is 286 g/mol. The molecule has 0 bridgehead atoms. The van der Waals surface area contributed by atoms with E-state index >= 15 is 0 Å². The topological polar surface area (TPSA) is 52.5 Å². The summed E-state index contributed by atoms with van der Waals surface area (Å²) in [4.78, 5) is 4.83. The first kappa shape index (κ1) is 13.6. The summed E-state index contributed by atoms with van der Waals surface area (Å²) in [6, 6.07) is 16.2. The van der Waals surface area contributed by atoms with E-state index in [0.29, 0.717) is 5.82 Å². The molecule has 0 saturated heterocycles. The second kappa shape index (κ2) is 5.02. The van der Waals surface area contributed by atoms with E-state index < -0.39 is 0 Å². The Kier molecular flexibility index (Phi) is 2.98. The molecule has 2 aromatic carbocycles. The molecule has 4 heteroatoms. The molecule has 4 nitrogen and oxygen atoms in total. The van der Waals surface area contributed by atoms with Crippen LogP contribution in [0.5, 0.6) is 5.75 Å². The predicted octanol–water partition coefficient (Wildman–Crippen LogP) is 4.05. The first-order chi connectivity index (χ1) is 11.2. The molecule has 2 heterocycles. The molecule has 0 aliphatic rings. The van der Waals surface area contributed by atoms with Crippen LogP contribution in [0.4, 0.5) is 5.82 Å². The van der Waals surface area contributed by atoms with Crippen LogP contribution in [-0.2, 0) is 0 Å². The summed E-state index contributed by atoms with van der Waals surface area (Å²) in [5.41, 5.74) is 10.3. The van der Waals surface area contributed by atoms with Crippen LogP contribution < -0.4 is 10.5 Å². The van der Waals surface area contributed by atoms with Crippen molar-refractivity contribution in [2.24, 2.45) is 0 Å². The molecule has 0 fully saturated rings. The number of nitrogens with zero attached hydrogens (tertiary/aromatic N) is 2. The van der Waals surface area contributed by atoms with Gasteiger partial charge >= 0.3 is 0 Å². The lowest BCUT2D eigenvalue weighted by Crippen LogP contribution is -1.95. The summed E-state index contributed by atoms with van der Waals surface area (Å²) in [6.45, 7) is 2.07. The normalized spacial score (nSPS) is 11.2. The van der Waals surface area contributed by atoms with Crippen molar-refractivity contribution in [2.75, 3.05) is 12.8 Å². The number of rotatable bonds is 2. The Morgan fingerprint density at radius 1 is 1.09 bits per heavy atom. The van der Waals surface area contributed by atoms with Crippen molar-refractivity contribution in [3.8, 4) is 17.0 Å². The Morgan fingerprint density at radius 2 is 1.91 bits per heavy atom. The lowest BCUT2D eigenvalue weighted by Gasteiger charge is -2.04. The van der Waals surface area contributed by atoms with Crippen molar-refractivity contribution in [2.45, 2.75) is 6.92 Å². The number of aryl methyl sites for hydroxylation is 1. The van der Waals surface area contributed by atoms with Crippen LogP contribution in [0.25, 0.3) is 27.7 Å². The van der Waals surface area contributed by atoms with Crippen molar-refractivity contribution in [3.05, 3.63) is 60.3 Å². The molecule has 0 unspecified atom stereocenters. The summed E-state index contributed by atoms with van der Waals surface area (Å²) in [6.07, 6.45) is 1.97. The Balaban J connectivity index is 2.07. The van der Waals surface area contributed by atoms with Crippen LogP contribution in [-0.4, -0.2) is 16.5 Å². The largest absolute Gasteiger partial charge is 0.497 e. The van der Waals surface area contributed by atoms with E-state index in [2.05, 4.69) is 19.1 Å². The zero-order valence-electron chi connectivity index (χ0n) is 13.1. The molecule has 114 valence electrons. The third kappa shape index (κ3) is 2.03. The number of imidazole rings is 1. The number of fused-ring (bicyclic) bond motifs is 3. The van der Waals surface area contributed by atoms with Crippen molar-refractivity contribution < 1.29 is 4.74 Å².